The number of fused-ring (bicyclic) bond motifs is 1. The Morgan fingerprint density at radius 2 is 1.85 bits per heavy atom. The van der Waals surface area contributed by atoms with E-state index in [2.05, 4.69) is 20.9 Å². The first-order valence-electron chi connectivity index (χ1n) is 10.7. The van der Waals surface area contributed by atoms with Crippen LogP contribution >= 0.6 is 11.6 Å². The fourth-order valence-corrected chi connectivity index (χ4v) is 4.97. The normalized spacial score (nSPS) is 20.1. The maximum absolute atomic E-state index is 13.9. The average Bonchev–Trinajstić information content (AvgIpc) is 2.79. The van der Waals surface area contributed by atoms with E-state index in [0.717, 1.165) is 12.1 Å². The molecule has 0 aliphatic carbocycles. The van der Waals surface area contributed by atoms with Crippen LogP contribution in [-0.2, 0) is 7.05 Å². The average molecular weight is 472 g/mol. The molecule has 0 amide bonds. The van der Waals surface area contributed by atoms with Gasteiger partial charge in [0, 0.05) is 49.4 Å². The van der Waals surface area contributed by atoms with Crippen LogP contribution in [0.3, 0.4) is 0 Å². The van der Waals surface area contributed by atoms with Crippen molar-refractivity contribution in [3.8, 4) is 6.07 Å². The fourth-order valence-electron chi connectivity index (χ4n) is 4.66. The largest absolute Gasteiger partial charge is 0.364 e. The maximum Gasteiger partial charge on any atom is 0.252 e. The number of anilines is 1. The van der Waals surface area contributed by atoms with Crippen molar-refractivity contribution in [1.29, 1.82) is 5.26 Å². The Kier molecular flexibility index (Phi) is 6.12. The highest BCUT2D eigenvalue weighted by atomic mass is 35.5. The molecule has 3 atom stereocenters. The Morgan fingerprint density at radius 3 is 2.55 bits per heavy atom. The highest BCUT2D eigenvalue weighted by molar-refractivity contribution is 6.31. The zero-order valence-electron chi connectivity index (χ0n) is 18.8. The number of piperazine rings is 1. The summed E-state index contributed by atoms with van der Waals surface area (Å²) < 4.78 is 29.0. The topological polar surface area (TPSA) is 65.2 Å². The van der Waals surface area contributed by atoms with Crippen molar-refractivity contribution < 1.29 is 8.78 Å². The van der Waals surface area contributed by atoms with Gasteiger partial charge in [-0.2, -0.15) is 5.26 Å². The van der Waals surface area contributed by atoms with Crippen LogP contribution in [0.1, 0.15) is 38.1 Å². The summed E-state index contributed by atoms with van der Waals surface area (Å²) in [7, 11) is 1.68. The molecule has 3 heterocycles. The number of rotatable bonds is 3. The van der Waals surface area contributed by atoms with Gasteiger partial charge in [-0.1, -0.05) is 11.6 Å². The highest BCUT2D eigenvalue weighted by Crippen LogP contribution is 2.35. The summed E-state index contributed by atoms with van der Waals surface area (Å²) in [6.45, 7) is 7.18. The van der Waals surface area contributed by atoms with Gasteiger partial charge in [0.05, 0.1) is 11.2 Å². The maximum atomic E-state index is 13.9. The third-order valence-electron chi connectivity index (χ3n) is 6.51. The minimum atomic E-state index is -0.969. The zero-order valence-corrected chi connectivity index (χ0v) is 19.6. The van der Waals surface area contributed by atoms with Gasteiger partial charge in [0.1, 0.15) is 17.3 Å². The third kappa shape index (κ3) is 4.07. The lowest BCUT2D eigenvalue weighted by atomic mass is 10.00. The van der Waals surface area contributed by atoms with E-state index < -0.39 is 11.6 Å². The van der Waals surface area contributed by atoms with E-state index in [-0.39, 0.29) is 34.4 Å². The van der Waals surface area contributed by atoms with E-state index in [4.69, 9.17) is 11.6 Å². The molecule has 1 saturated heterocycles. The number of halogens is 3. The molecule has 9 heteroatoms. The summed E-state index contributed by atoms with van der Waals surface area (Å²) in [5.74, 6) is -1.89. The Hall–Kier alpha value is -3.02. The van der Waals surface area contributed by atoms with Gasteiger partial charge in [0.2, 0.25) is 0 Å². The van der Waals surface area contributed by atoms with Crippen molar-refractivity contribution in [2.45, 2.75) is 38.9 Å². The molecule has 1 unspecified atom stereocenters. The Morgan fingerprint density at radius 1 is 1.15 bits per heavy atom. The van der Waals surface area contributed by atoms with Crippen molar-refractivity contribution in [2.75, 3.05) is 18.0 Å². The van der Waals surface area contributed by atoms with Gasteiger partial charge in [0.25, 0.3) is 5.56 Å². The first-order valence-corrected chi connectivity index (χ1v) is 11.1. The molecule has 172 valence electrons. The minimum Gasteiger partial charge on any atom is -0.364 e. The van der Waals surface area contributed by atoms with E-state index in [9.17, 15) is 18.8 Å². The number of nitriles is 1. The predicted molar refractivity (Wildman–Crippen MR) is 124 cm³/mol. The molecular weight excluding hydrogens is 448 g/mol. The quantitative estimate of drug-likeness (QED) is 0.530. The summed E-state index contributed by atoms with van der Waals surface area (Å²) in [5, 5.41) is 9.51. The second-order valence-corrected chi connectivity index (χ2v) is 9.02. The molecule has 33 heavy (non-hydrogen) atoms. The van der Waals surface area contributed by atoms with Gasteiger partial charge in [-0.25, -0.2) is 13.8 Å². The molecule has 2 aromatic heterocycles. The van der Waals surface area contributed by atoms with Gasteiger partial charge in [-0.3, -0.25) is 9.69 Å². The highest BCUT2D eigenvalue weighted by Gasteiger charge is 2.34. The summed E-state index contributed by atoms with van der Waals surface area (Å²) in [5.41, 5.74) is 2.59. The Labute approximate surface area is 195 Å². The van der Waals surface area contributed by atoms with Crippen LogP contribution in [-0.4, -0.2) is 39.6 Å². The molecule has 1 aliphatic rings. The number of aromatic nitrogens is 2. The lowest BCUT2D eigenvalue weighted by Gasteiger charge is -2.48. The van der Waals surface area contributed by atoms with Crippen molar-refractivity contribution >= 4 is 28.3 Å². The second kappa shape index (κ2) is 8.73. The van der Waals surface area contributed by atoms with Crippen LogP contribution in [0, 0.1) is 23.0 Å². The molecule has 3 aromatic rings. The van der Waals surface area contributed by atoms with Gasteiger partial charge in [0.15, 0.2) is 11.6 Å². The van der Waals surface area contributed by atoms with E-state index in [1.807, 2.05) is 20.8 Å². The number of aryl methyl sites for hydroxylation is 1. The molecule has 0 radical (unpaired) electrons. The van der Waals surface area contributed by atoms with Crippen molar-refractivity contribution in [1.82, 2.24) is 14.5 Å². The number of pyridine rings is 2. The lowest BCUT2D eigenvalue weighted by Crippen LogP contribution is -2.57. The zero-order chi connectivity index (χ0) is 24.0. The number of hydrogen-bond donors (Lipinski definition) is 0. The van der Waals surface area contributed by atoms with Gasteiger partial charge in [-0.15, -0.1) is 0 Å². The standard InChI is InChI=1S/C24H24ClF2N5O/c1-13-12-32(22-9-23(33)30(4)21-6-5-16(10-28)29-24(21)22)14(2)11-31(13)15(3)17-7-19(26)20(27)8-18(17)25/h5-9,13-15H,11-12H2,1-4H3/t13-,14+,15?/m1/s1. The molecule has 0 bridgehead atoms. The Balaban J connectivity index is 1.70. The van der Waals surface area contributed by atoms with Crippen LogP contribution in [0.5, 0.6) is 0 Å². The van der Waals surface area contributed by atoms with Gasteiger partial charge in [-0.05, 0) is 50.6 Å². The van der Waals surface area contributed by atoms with Gasteiger partial charge < -0.3 is 9.47 Å². The van der Waals surface area contributed by atoms with Crippen LogP contribution in [0.15, 0.2) is 35.1 Å². The molecule has 1 fully saturated rings. The van der Waals surface area contributed by atoms with Crippen LogP contribution in [0.2, 0.25) is 5.02 Å². The smallest absolute Gasteiger partial charge is 0.252 e. The summed E-state index contributed by atoms with van der Waals surface area (Å²) >= 11 is 6.23. The first-order chi connectivity index (χ1) is 15.6. The molecular formula is C24H24ClF2N5O. The van der Waals surface area contributed by atoms with Crippen molar-refractivity contribution in [3.63, 3.8) is 0 Å². The lowest BCUT2D eigenvalue weighted by molar-refractivity contribution is 0.119. The molecule has 4 rings (SSSR count). The first kappa shape index (κ1) is 23.1. The number of nitrogens with zero attached hydrogens (tertiary/aromatic N) is 5. The van der Waals surface area contributed by atoms with Crippen LogP contribution < -0.4 is 10.5 Å². The number of hydrogen-bond acceptors (Lipinski definition) is 5. The summed E-state index contributed by atoms with van der Waals surface area (Å²) in [6, 6.07) is 8.89. The van der Waals surface area contributed by atoms with E-state index in [1.165, 1.54) is 4.57 Å². The Bertz CT molecular complexity index is 1340. The third-order valence-corrected chi connectivity index (χ3v) is 6.84. The molecule has 0 N–H and O–H groups in total. The molecule has 1 aromatic carbocycles. The number of benzene rings is 1. The van der Waals surface area contributed by atoms with Crippen LogP contribution in [0.4, 0.5) is 14.5 Å². The van der Waals surface area contributed by atoms with Crippen LogP contribution in [0.25, 0.3) is 11.0 Å². The summed E-state index contributed by atoms with van der Waals surface area (Å²) in [6.07, 6.45) is 0. The molecule has 1 aliphatic heterocycles. The molecule has 6 nitrogen and oxygen atoms in total. The second-order valence-electron chi connectivity index (χ2n) is 8.61. The van der Waals surface area contributed by atoms with Crippen molar-refractivity contribution in [3.05, 3.63) is 68.6 Å². The minimum absolute atomic E-state index is 0.0126. The monoisotopic (exact) mass is 471 g/mol. The summed E-state index contributed by atoms with van der Waals surface area (Å²) in [4.78, 5) is 21.5. The fraction of sp³-hybridized carbons (Fsp3) is 0.375. The SMILES string of the molecule is CC(c1cc(F)c(F)cc1Cl)N1C[C@H](C)N(c2cc(=O)n(C)c3ccc(C#N)nc23)C[C@H]1C. The van der Waals surface area contributed by atoms with E-state index in [1.54, 1.807) is 25.2 Å². The molecule has 0 spiro atoms. The van der Waals surface area contributed by atoms with E-state index in [0.29, 0.717) is 35.4 Å². The van der Waals surface area contributed by atoms with Crippen molar-refractivity contribution in [2.24, 2.45) is 7.05 Å². The van der Waals surface area contributed by atoms with Gasteiger partial charge >= 0.3 is 0 Å². The van der Waals surface area contributed by atoms with E-state index >= 15 is 0 Å². The molecule has 0 saturated carbocycles. The predicted octanol–water partition coefficient (Wildman–Crippen LogP) is 4.40.